The van der Waals surface area contributed by atoms with E-state index >= 15 is 0 Å². The molecule has 0 heterocycles. The quantitative estimate of drug-likeness (QED) is 0.789. The summed E-state index contributed by atoms with van der Waals surface area (Å²) in [6, 6.07) is 4.76. The SMILES string of the molecule is CCOC(=O)c1c(C#N)ccc(O)c1CC. The van der Waals surface area contributed by atoms with Crippen molar-refractivity contribution in [3.8, 4) is 11.8 Å². The average molecular weight is 219 g/mol. The van der Waals surface area contributed by atoms with Crippen LogP contribution in [0.2, 0.25) is 0 Å². The standard InChI is InChI=1S/C12H13NO3/c1-3-9-10(14)6-5-8(7-13)11(9)12(15)16-4-2/h5-6,14H,3-4H2,1-2H3. The molecule has 0 saturated heterocycles. The molecule has 1 N–H and O–H groups in total. The van der Waals surface area contributed by atoms with E-state index in [2.05, 4.69) is 0 Å². The van der Waals surface area contributed by atoms with Gasteiger partial charge in [-0.15, -0.1) is 0 Å². The van der Waals surface area contributed by atoms with Crippen LogP contribution in [0.1, 0.15) is 35.3 Å². The van der Waals surface area contributed by atoms with Crippen LogP contribution in [-0.4, -0.2) is 17.7 Å². The molecule has 0 spiro atoms. The van der Waals surface area contributed by atoms with Gasteiger partial charge in [-0.1, -0.05) is 6.92 Å². The van der Waals surface area contributed by atoms with Gasteiger partial charge in [0.2, 0.25) is 0 Å². The topological polar surface area (TPSA) is 70.3 Å². The van der Waals surface area contributed by atoms with Gasteiger partial charge in [0.25, 0.3) is 0 Å². The normalized spacial score (nSPS) is 9.56. The molecular formula is C12H13NO3. The molecule has 1 aromatic carbocycles. The number of nitrogens with zero attached hydrogens (tertiary/aromatic N) is 1. The Hall–Kier alpha value is -2.02. The van der Waals surface area contributed by atoms with Crippen LogP contribution >= 0.6 is 0 Å². The van der Waals surface area contributed by atoms with E-state index in [1.807, 2.05) is 6.07 Å². The van der Waals surface area contributed by atoms with E-state index in [1.165, 1.54) is 12.1 Å². The van der Waals surface area contributed by atoms with E-state index in [1.54, 1.807) is 13.8 Å². The van der Waals surface area contributed by atoms with Crippen molar-refractivity contribution >= 4 is 5.97 Å². The van der Waals surface area contributed by atoms with Crippen molar-refractivity contribution in [3.63, 3.8) is 0 Å². The van der Waals surface area contributed by atoms with Gasteiger partial charge in [-0.3, -0.25) is 0 Å². The maximum absolute atomic E-state index is 11.7. The minimum Gasteiger partial charge on any atom is -0.508 e. The van der Waals surface area contributed by atoms with E-state index in [0.29, 0.717) is 12.0 Å². The number of carbonyl (C=O) groups is 1. The number of esters is 1. The fraction of sp³-hybridized carbons (Fsp3) is 0.333. The van der Waals surface area contributed by atoms with Crippen LogP contribution < -0.4 is 0 Å². The van der Waals surface area contributed by atoms with Crippen molar-refractivity contribution in [3.05, 3.63) is 28.8 Å². The second-order valence-electron chi connectivity index (χ2n) is 3.17. The number of rotatable bonds is 3. The van der Waals surface area contributed by atoms with E-state index in [9.17, 15) is 9.90 Å². The number of aromatic hydroxyl groups is 1. The molecule has 0 atom stereocenters. The first-order valence-corrected chi connectivity index (χ1v) is 5.07. The predicted octanol–water partition coefficient (Wildman–Crippen LogP) is 2.00. The minimum atomic E-state index is -0.563. The molecule has 0 radical (unpaired) electrons. The van der Waals surface area contributed by atoms with Gasteiger partial charge in [0, 0.05) is 5.56 Å². The highest BCUT2D eigenvalue weighted by Crippen LogP contribution is 2.25. The van der Waals surface area contributed by atoms with Gasteiger partial charge < -0.3 is 9.84 Å². The monoisotopic (exact) mass is 219 g/mol. The van der Waals surface area contributed by atoms with Crippen LogP contribution in [0.25, 0.3) is 0 Å². The highest BCUT2D eigenvalue weighted by atomic mass is 16.5. The zero-order chi connectivity index (χ0) is 12.1. The molecule has 4 heteroatoms. The van der Waals surface area contributed by atoms with Crippen molar-refractivity contribution in [1.82, 2.24) is 0 Å². The van der Waals surface area contributed by atoms with Crippen LogP contribution in [0.3, 0.4) is 0 Å². The summed E-state index contributed by atoms with van der Waals surface area (Å²) < 4.78 is 4.87. The lowest BCUT2D eigenvalue weighted by atomic mass is 9.99. The number of carbonyl (C=O) groups excluding carboxylic acids is 1. The van der Waals surface area contributed by atoms with Crippen molar-refractivity contribution in [2.45, 2.75) is 20.3 Å². The van der Waals surface area contributed by atoms with Gasteiger partial charge in [0.1, 0.15) is 11.8 Å². The third kappa shape index (κ3) is 2.14. The van der Waals surface area contributed by atoms with Gasteiger partial charge in [-0.2, -0.15) is 5.26 Å². The molecule has 1 aromatic rings. The van der Waals surface area contributed by atoms with Crippen molar-refractivity contribution in [2.24, 2.45) is 0 Å². The Kier molecular flexibility index (Phi) is 3.90. The van der Waals surface area contributed by atoms with Crippen LogP contribution in [0.4, 0.5) is 0 Å². The molecule has 0 unspecified atom stereocenters. The third-order valence-corrected chi connectivity index (χ3v) is 2.24. The lowest BCUT2D eigenvalue weighted by Gasteiger charge is -2.10. The predicted molar refractivity (Wildman–Crippen MR) is 58.2 cm³/mol. The number of benzene rings is 1. The average Bonchev–Trinajstić information content (AvgIpc) is 2.28. The lowest BCUT2D eigenvalue weighted by molar-refractivity contribution is 0.0524. The summed E-state index contributed by atoms with van der Waals surface area (Å²) >= 11 is 0. The molecule has 1 rings (SSSR count). The van der Waals surface area contributed by atoms with Crippen LogP contribution in [0.15, 0.2) is 12.1 Å². The molecule has 0 fully saturated rings. The molecule has 0 amide bonds. The fourth-order valence-corrected chi connectivity index (χ4v) is 1.52. The van der Waals surface area contributed by atoms with E-state index in [4.69, 9.17) is 10.00 Å². The number of ether oxygens (including phenoxy) is 1. The summed E-state index contributed by atoms with van der Waals surface area (Å²) in [4.78, 5) is 11.7. The maximum atomic E-state index is 11.7. The van der Waals surface area contributed by atoms with Gasteiger partial charge in [-0.25, -0.2) is 4.79 Å². The fourth-order valence-electron chi connectivity index (χ4n) is 1.52. The summed E-state index contributed by atoms with van der Waals surface area (Å²) in [7, 11) is 0. The molecule has 0 aliphatic carbocycles. The molecular weight excluding hydrogens is 206 g/mol. The Bertz CT molecular complexity index is 446. The molecule has 0 aromatic heterocycles. The van der Waals surface area contributed by atoms with E-state index in [-0.39, 0.29) is 23.5 Å². The summed E-state index contributed by atoms with van der Waals surface area (Å²) in [6.45, 7) is 3.74. The minimum absolute atomic E-state index is 0.0181. The summed E-state index contributed by atoms with van der Waals surface area (Å²) in [5.41, 5.74) is 0.859. The number of phenols is 1. The van der Waals surface area contributed by atoms with Crippen LogP contribution in [0.5, 0.6) is 5.75 Å². The molecule has 0 bridgehead atoms. The van der Waals surface area contributed by atoms with Crippen molar-refractivity contribution < 1.29 is 14.6 Å². The van der Waals surface area contributed by atoms with Crippen molar-refractivity contribution in [1.29, 1.82) is 5.26 Å². The third-order valence-electron chi connectivity index (χ3n) is 2.24. The van der Waals surface area contributed by atoms with Crippen molar-refractivity contribution in [2.75, 3.05) is 6.61 Å². The van der Waals surface area contributed by atoms with Gasteiger partial charge in [0.15, 0.2) is 0 Å². The summed E-state index contributed by atoms with van der Waals surface area (Å²) in [5, 5.41) is 18.5. The highest BCUT2D eigenvalue weighted by Gasteiger charge is 2.19. The summed E-state index contributed by atoms with van der Waals surface area (Å²) in [5.74, 6) is -0.545. The molecule has 16 heavy (non-hydrogen) atoms. The van der Waals surface area contributed by atoms with Gasteiger partial charge >= 0.3 is 5.97 Å². The first-order chi connectivity index (χ1) is 7.65. The summed E-state index contributed by atoms with van der Waals surface area (Å²) in [6.07, 6.45) is 0.468. The molecule has 4 nitrogen and oxygen atoms in total. The Morgan fingerprint density at radius 1 is 1.50 bits per heavy atom. The van der Waals surface area contributed by atoms with E-state index < -0.39 is 5.97 Å². The zero-order valence-corrected chi connectivity index (χ0v) is 9.28. The van der Waals surface area contributed by atoms with E-state index in [0.717, 1.165) is 0 Å². The Labute approximate surface area is 94.1 Å². The number of hydrogen-bond donors (Lipinski definition) is 1. The Morgan fingerprint density at radius 3 is 2.69 bits per heavy atom. The molecule has 0 aliphatic heterocycles. The molecule has 0 aliphatic rings. The molecule has 0 saturated carbocycles. The Balaban J connectivity index is 3.37. The van der Waals surface area contributed by atoms with Gasteiger partial charge in [-0.05, 0) is 25.5 Å². The second-order valence-corrected chi connectivity index (χ2v) is 3.17. The maximum Gasteiger partial charge on any atom is 0.339 e. The number of phenolic OH excluding ortho intramolecular Hbond substituents is 1. The molecule has 84 valence electrons. The Morgan fingerprint density at radius 2 is 2.19 bits per heavy atom. The first-order valence-electron chi connectivity index (χ1n) is 5.07. The highest BCUT2D eigenvalue weighted by molar-refractivity contribution is 5.94. The van der Waals surface area contributed by atoms with Crippen LogP contribution in [0, 0.1) is 11.3 Å². The van der Waals surface area contributed by atoms with Gasteiger partial charge in [0.05, 0.1) is 17.7 Å². The number of nitriles is 1. The number of hydrogen-bond acceptors (Lipinski definition) is 4. The second kappa shape index (κ2) is 5.17. The zero-order valence-electron chi connectivity index (χ0n) is 9.28. The smallest absolute Gasteiger partial charge is 0.339 e. The first kappa shape index (κ1) is 12.1. The largest absolute Gasteiger partial charge is 0.508 e. The lowest BCUT2D eigenvalue weighted by Crippen LogP contribution is -2.10. The van der Waals surface area contributed by atoms with Crippen LogP contribution in [-0.2, 0) is 11.2 Å².